The summed E-state index contributed by atoms with van der Waals surface area (Å²) in [5, 5.41) is 2.79. The molecule has 0 aliphatic carbocycles. The normalized spacial score (nSPS) is 12.1. The number of amides is 1. The summed E-state index contributed by atoms with van der Waals surface area (Å²) < 4.78 is 0. The van der Waals surface area contributed by atoms with Crippen LogP contribution in [0.2, 0.25) is 0 Å². The van der Waals surface area contributed by atoms with Crippen LogP contribution in [0, 0.1) is 0 Å². The molecule has 1 rings (SSSR count). The highest BCUT2D eigenvalue weighted by atomic mass is 16.2. The van der Waals surface area contributed by atoms with Crippen LogP contribution in [-0.4, -0.2) is 11.9 Å². The molecule has 0 radical (unpaired) electrons. The summed E-state index contributed by atoms with van der Waals surface area (Å²) in [6.45, 7) is 2.44. The third-order valence-corrected chi connectivity index (χ3v) is 2.09. The van der Waals surface area contributed by atoms with Crippen LogP contribution < -0.4 is 11.1 Å². The van der Waals surface area contributed by atoms with Crippen LogP contribution in [0.15, 0.2) is 30.3 Å². The lowest BCUT2D eigenvalue weighted by atomic mass is 10.2. The average Bonchev–Trinajstić information content (AvgIpc) is 2.26. The molecule has 0 heterocycles. The third-order valence-electron chi connectivity index (χ3n) is 2.09. The number of nitrogens with two attached hydrogens (primary N) is 1. The van der Waals surface area contributed by atoms with E-state index < -0.39 is 6.04 Å². The Balaban J connectivity index is 2.38. The first-order chi connectivity index (χ1) is 6.74. The van der Waals surface area contributed by atoms with Crippen molar-refractivity contribution in [2.24, 2.45) is 5.73 Å². The molecule has 0 bridgehead atoms. The summed E-state index contributed by atoms with van der Waals surface area (Å²) >= 11 is 0. The molecule has 0 spiro atoms. The minimum atomic E-state index is -0.390. The van der Waals surface area contributed by atoms with E-state index in [1.54, 1.807) is 0 Å². The Labute approximate surface area is 84.3 Å². The van der Waals surface area contributed by atoms with Gasteiger partial charge in [0, 0.05) is 6.54 Å². The molecule has 1 unspecified atom stereocenters. The molecular formula is C11H16N2O. The van der Waals surface area contributed by atoms with Gasteiger partial charge in [-0.05, 0) is 12.0 Å². The first kappa shape index (κ1) is 10.7. The molecule has 0 fully saturated rings. The first-order valence-electron chi connectivity index (χ1n) is 4.81. The topological polar surface area (TPSA) is 55.1 Å². The van der Waals surface area contributed by atoms with Crippen molar-refractivity contribution in [2.75, 3.05) is 0 Å². The molecule has 14 heavy (non-hydrogen) atoms. The van der Waals surface area contributed by atoms with Gasteiger partial charge in [-0.1, -0.05) is 37.3 Å². The lowest BCUT2D eigenvalue weighted by molar-refractivity contribution is -0.122. The van der Waals surface area contributed by atoms with Gasteiger partial charge in [0.25, 0.3) is 0 Å². The fourth-order valence-electron chi connectivity index (χ4n) is 1.10. The zero-order chi connectivity index (χ0) is 10.4. The van der Waals surface area contributed by atoms with Crippen molar-refractivity contribution >= 4 is 5.91 Å². The summed E-state index contributed by atoms with van der Waals surface area (Å²) in [5.41, 5.74) is 6.66. The molecule has 3 nitrogen and oxygen atoms in total. The van der Waals surface area contributed by atoms with Crippen LogP contribution in [-0.2, 0) is 11.3 Å². The predicted octanol–water partition coefficient (Wildman–Crippen LogP) is 1.04. The number of hydrogen-bond donors (Lipinski definition) is 2. The van der Waals surface area contributed by atoms with Gasteiger partial charge in [0.05, 0.1) is 6.04 Å². The van der Waals surface area contributed by atoms with Gasteiger partial charge in [-0.15, -0.1) is 0 Å². The summed E-state index contributed by atoms with van der Waals surface area (Å²) in [4.78, 5) is 11.3. The molecule has 1 aromatic carbocycles. The molecule has 0 aliphatic heterocycles. The summed E-state index contributed by atoms with van der Waals surface area (Å²) in [7, 11) is 0. The second kappa shape index (κ2) is 5.40. The van der Waals surface area contributed by atoms with Crippen LogP contribution in [0.4, 0.5) is 0 Å². The zero-order valence-corrected chi connectivity index (χ0v) is 8.36. The number of benzene rings is 1. The van der Waals surface area contributed by atoms with E-state index in [-0.39, 0.29) is 5.91 Å². The fraction of sp³-hybridized carbons (Fsp3) is 0.364. The van der Waals surface area contributed by atoms with E-state index in [0.29, 0.717) is 13.0 Å². The van der Waals surface area contributed by atoms with E-state index in [1.165, 1.54) is 0 Å². The van der Waals surface area contributed by atoms with E-state index in [2.05, 4.69) is 5.32 Å². The molecule has 0 aliphatic rings. The largest absolute Gasteiger partial charge is 0.351 e. The van der Waals surface area contributed by atoms with Crippen LogP contribution in [0.3, 0.4) is 0 Å². The highest BCUT2D eigenvalue weighted by molar-refractivity contribution is 5.81. The van der Waals surface area contributed by atoms with E-state index in [0.717, 1.165) is 5.56 Å². The SMILES string of the molecule is CCC(N)C(=O)NCc1ccccc1. The summed E-state index contributed by atoms with van der Waals surface area (Å²) in [5.74, 6) is -0.0867. The summed E-state index contributed by atoms with van der Waals surface area (Å²) in [6.07, 6.45) is 0.667. The maximum Gasteiger partial charge on any atom is 0.237 e. The van der Waals surface area contributed by atoms with Gasteiger partial charge >= 0.3 is 0 Å². The Kier molecular flexibility index (Phi) is 4.13. The minimum Gasteiger partial charge on any atom is -0.351 e. The van der Waals surface area contributed by atoms with Crippen molar-refractivity contribution in [2.45, 2.75) is 25.9 Å². The molecule has 3 N–H and O–H groups in total. The van der Waals surface area contributed by atoms with Gasteiger partial charge in [0.15, 0.2) is 0 Å². The lowest BCUT2D eigenvalue weighted by Crippen LogP contribution is -2.39. The van der Waals surface area contributed by atoms with Gasteiger partial charge in [0.2, 0.25) is 5.91 Å². The van der Waals surface area contributed by atoms with E-state index in [1.807, 2.05) is 37.3 Å². The van der Waals surface area contributed by atoms with Gasteiger partial charge in [-0.25, -0.2) is 0 Å². The highest BCUT2D eigenvalue weighted by Crippen LogP contribution is 1.97. The van der Waals surface area contributed by atoms with Crippen LogP contribution in [0.25, 0.3) is 0 Å². The average molecular weight is 192 g/mol. The maximum absolute atomic E-state index is 11.3. The van der Waals surface area contributed by atoms with E-state index in [9.17, 15) is 4.79 Å². The number of carbonyl (C=O) groups excluding carboxylic acids is 1. The predicted molar refractivity (Wildman–Crippen MR) is 56.6 cm³/mol. The van der Waals surface area contributed by atoms with Gasteiger partial charge in [-0.2, -0.15) is 0 Å². The Morgan fingerprint density at radius 3 is 2.64 bits per heavy atom. The number of hydrogen-bond acceptors (Lipinski definition) is 2. The highest BCUT2D eigenvalue weighted by Gasteiger charge is 2.09. The molecule has 76 valence electrons. The molecular weight excluding hydrogens is 176 g/mol. The van der Waals surface area contributed by atoms with Gasteiger partial charge < -0.3 is 11.1 Å². The van der Waals surface area contributed by atoms with E-state index >= 15 is 0 Å². The monoisotopic (exact) mass is 192 g/mol. The Morgan fingerprint density at radius 1 is 1.43 bits per heavy atom. The Bertz CT molecular complexity index is 285. The smallest absolute Gasteiger partial charge is 0.237 e. The molecule has 0 saturated heterocycles. The van der Waals surface area contributed by atoms with Crippen molar-refractivity contribution in [3.05, 3.63) is 35.9 Å². The molecule has 3 heteroatoms. The van der Waals surface area contributed by atoms with Crippen LogP contribution in [0.5, 0.6) is 0 Å². The third kappa shape index (κ3) is 3.18. The van der Waals surface area contributed by atoms with Gasteiger partial charge in [0.1, 0.15) is 0 Å². The van der Waals surface area contributed by atoms with Crippen molar-refractivity contribution < 1.29 is 4.79 Å². The second-order valence-electron chi connectivity index (χ2n) is 3.22. The van der Waals surface area contributed by atoms with Crippen LogP contribution >= 0.6 is 0 Å². The molecule has 0 aromatic heterocycles. The zero-order valence-electron chi connectivity index (χ0n) is 8.36. The molecule has 1 amide bonds. The second-order valence-corrected chi connectivity index (χ2v) is 3.22. The van der Waals surface area contributed by atoms with Crippen molar-refractivity contribution in [3.8, 4) is 0 Å². The van der Waals surface area contributed by atoms with Crippen LogP contribution in [0.1, 0.15) is 18.9 Å². The number of rotatable bonds is 4. The standard InChI is InChI=1S/C11H16N2O/c1-2-10(12)11(14)13-8-9-6-4-3-5-7-9/h3-7,10H,2,8,12H2,1H3,(H,13,14). The maximum atomic E-state index is 11.3. The Morgan fingerprint density at radius 2 is 2.07 bits per heavy atom. The minimum absolute atomic E-state index is 0.0867. The van der Waals surface area contributed by atoms with Gasteiger partial charge in [-0.3, -0.25) is 4.79 Å². The summed E-state index contributed by atoms with van der Waals surface area (Å²) in [6, 6.07) is 9.39. The Hall–Kier alpha value is -1.35. The molecule has 1 atom stereocenters. The van der Waals surface area contributed by atoms with E-state index in [4.69, 9.17) is 5.73 Å². The quantitative estimate of drug-likeness (QED) is 0.749. The number of carbonyl (C=O) groups is 1. The van der Waals surface area contributed by atoms with Crippen molar-refractivity contribution in [1.82, 2.24) is 5.32 Å². The number of nitrogens with one attached hydrogen (secondary N) is 1. The lowest BCUT2D eigenvalue weighted by Gasteiger charge is -2.09. The molecule has 0 saturated carbocycles. The first-order valence-corrected chi connectivity index (χ1v) is 4.81. The molecule has 1 aromatic rings. The fourth-order valence-corrected chi connectivity index (χ4v) is 1.10. The van der Waals surface area contributed by atoms with Crippen molar-refractivity contribution in [3.63, 3.8) is 0 Å². The van der Waals surface area contributed by atoms with Crippen molar-refractivity contribution in [1.29, 1.82) is 0 Å².